The fraction of sp³-hybridized carbons (Fsp3) is 0.273. The Hall–Kier alpha value is -0.760. The Morgan fingerprint density at radius 2 is 2.23 bits per heavy atom. The monoisotopic (exact) mass is 237 g/mol. The highest BCUT2D eigenvalue weighted by atomic mass is 79.9. The minimum Gasteiger partial charge on any atom is -0.360 e. The van der Waals surface area contributed by atoms with E-state index in [0.29, 0.717) is 0 Å². The normalized spacial score (nSPS) is 10.9. The number of halogens is 1. The number of hydrogen-bond acceptors (Lipinski definition) is 0. The summed E-state index contributed by atoms with van der Waals surface area (Å²) in [4.78, 5) is 3.24. The molecule has 0 atom stereocenters. The van der Waals surface area contributed by atoms with E-state index >= 15 is 0 Å². The second kappa shape index (κ2) is 3.54. The second-order valence-corrected chi connectivity index (χ2v) is 4.12. The lowest BCUT2D eigenvalue weighted by atomic mass is 10.1. The van der Waals surface area contributed by atoms with Crippen LogP contribution in [0.15, 0.2) is 28.9 Å². The first-order valence-electron chi connectivity index (χ1n) is 4.57. The number of aromatic amines is 1. The Kier molecular flexibility index (Phi) is 2.40. The van der Waals surface area contributed by atoms with Gasteiger partial charge in [-0.25, -0.2) is 0 Å². The number of nitrogens with one attached hydrogen (secondary N) is 1. The van der Waals surface area contributed by atoms with Crippen LogP contribution in [0.4, 0.5) is 0 Å². The summed E-state index contributed by atoms with van der Waals surface area (Å²) >= 11 is 3.50. The van der Waals surface area contributed by atoms with E-state index in [1.807, 2.05) is 6.20 Å². The molecule has 0 radical (unpaired) electrons. The SMILES string of the molecule is CCCc1ccc2c(Br)c[nH]c2c1. The standard InChI is InChI=1S/C11H12BrN/c1-2-3-8-4-5-9-10(12)7-13-11(9)6-8/h4-7,13H,2-3H2,1H3. The number of aromatic nitrogens is 1. The summed E-state index contributed by atoms with van der Waals surface area (Å²) in [6, 6.07) is 6.59. The molecule has 1 nitrogen and oxygen atoms in total. The zero-order valence-corrected chi connectivity index (χ0v) is 9.19. The molecule has 1 heterocycles. The van der Waals surface area contributed by atoms with Gasteiger partial charge in [0, 0.05) is 21.6 Å². The maximum absolute atomic E-state index is 3.50. The van der Waals surface area contributed by atoms with Gasteiger partial charge in [0.1, 0.15) is 0 Å². The molecule has 2 heteroatoms. The number of hydrogen-bond donors (Lipinski definition) is 1. The van der Waals surface area contributed by atoms with Gasteiger partial charge in [-0.15, -0.1) is 0 Å². The van der Waals surface area contributed by atoms with Gasteiger partial charge in [0.05, 0.1) is 0 Å². The van der Waals surface area contributed by atoms with E-state index < -0.39 is 0 Å². The molecule has 0 saturated carbocycles. The van der Waals surface area contributed by atoms with E-state index in [-0.39, 0.29) is 0 Å². The number of aryl methyl sites for hydroxylation is 1. The maximum atomic E-state index is 3.50. The third kappa shape index (κ3) is 1.63. The number of rotatable bonds is 2. The van der Waals surface area contributed by atoms with Crippen LogP contribution in [0, 0.1) is 0 Å². The lowest BCUT2D eigenvalue weighted by Crippen LogP contribution is -1.81. The molecule has 1 aromatic carbocycles. The fourth-order valence-corrected chi connectivity index (χ4v) is 2.04. The van der Waals surface area contributed by atoms with Gasteiger partial charge in [0.15, 0.2) is 0 Å². The molecule has 0 aliphatic carbocycles. The van der Waals surface area contributed by atoms with Crippen molar-refractivity contribution in [1.29, 1.82) is 0 Å². The maximum Gasteiger partial charge on any atom is 0.0468 e. The highest BCUT2D eigenvalue weighted by molar-refractivity contribution is 9.10. The molecule has 0 spiro atoms. The first kappa shape index (κ1) is 8.82. The second-order valence-electron chi connectivity index (χ2n) is 3.27. The van der Waals surface area contributed by atoms with E-state index in [9.17, 15) is 0 Å². The predicted molar refractivity (Wildman–Crippen MR) is 60.0 cm³/mol. The molecule has 0 bridgehead atoms. The third-order valence-corrected chi connectivity index (χ3v) is 2.89. The topological polar surface area (TPSA) is 15.8 Å². The summed E-state index contributed by atoms with van der Waals surface area (Å²) in [6.07, 6.45) is 4.35. The summed E-state index contributed by atoms with van der Waals surface area (Å²) in [5, 5.41) is 1.26. The lowest BCUT2D eigenvalue weighted by molar-refractivity contribution is 0.923. The van der Waals surface area contributed by atoms with Crippen LogP contribution >= 0.6 is 15.9 Å². The first-order valence-corrected chi connectivity index (χ1v) is 5.36. The molecule has 0 saturated heterocycles. The van der Waals surface area contributed by atoms with Crippen molar-refractivity contribution in [2.75, 3.05) is 0 Å². The lowest BCUT2D eigenvalue weighted by Gasteiger charge is -1.98. The molecule has 0 unspecified atom stereocenters. The van der Waals surface area contributed by atoms with Gasteiger partial charge in [-0.3, -0.25) is 0 Å². The Balaban J connectivity index is 2.50. The Labute approximate surface area is 86.3 Å². The van der Waals surface area contributed by atoms with Crippen LogP contribution < -0.4 is 0 Å². The first-order chi connectivity index (χ1) is 6.31. The number of benzene rings is 1. The highest BCUT2D eigenvalue weighted by Gasteiger charge is 2.00. The average Bonchev–Trinajstić information content (AvgIpc) is 2.48. The summed E-state index contributed by atoms with van der Waals surface area (Å²) in [7, 11) is 0. The van der Waals surface area contributed by atoms with Gasteiger partial charge < -0.3 is 4.98 Å². The summed E-state index contributed by atoms with van der Waals surface area (Å²) in [5.41, 5.74) is 2.63. The van der Waals surface area contributed by atoms with Crippen LogP contribution in [0.3, 0.4) is 0 Å². The van der Waals surface area contributed by atoms with Crippen molar-refractivity contribution in [3.05, 3.63) is 34.4 Å². The van der Waals surface area contributed by atoms with Crippen molar-refractivity contribution < 1.29 is 0 Å². The van der Waals surface area contributed by atoms with E-state index in [0.717, 1.165) is 10.9 Å². The molecular formula is C11H12BrN. The molecule has 0 amide bonds. The third-order valence-electron chi connectivity index (χ3n) is 2.23. The van der Waals surface area contributed by atoms with E-state index in [4.69, 9.17) is 0 Å². The van der Waals surface area contributed by atoms with Crippen molar-refractivity contribution in [2.24, 2.45) is 0 Å². The molecular weight excluding hydrogens is 226 g/mol. The molecule has 0 aliphatic rings. The predicted octanol–water partition coefficient (Wildman–Crippen LogP) is 3.88. The van der Waals surface area contributed by atoms with E-state index in [1.165, 1.54) is 22.9 Å². The molecule has 13 heavy (non-hydrogen) atoms. The largest absolute Gasteiger partial charge is 0.360 e. The average molecular weight is 238 g/mol. The van der Waals surface area contributed by atoms with Crippen molar-refractivity contribution in [3.63, 3.8) is 0 Å². The van der Waals surface area contributed by atoms with Gasteiger partial charge in [-0.1, -0.05) is 25.5 Å². The minimum atomic E-state index is 1.14. The molecule has 68 valence electrons. The van der Waals surface area contributed by atoms with Gasteiger partial charge in [-0.05, 0) is 34.0 Å². The Bertz CT molecular complexity index is 417. The zero-order valence-electron chi connectivity index (χ0n) is 7.60. The van der Waals surface area contributed by atoms with E-state index in [1.54, 1.807) is 0 Å². The summed E-state index contributed by atoms with van der Waals surface area (Å²) in [5.74, 6) is 0. The Morgan fingerprint density at radius 3 is 3.00 bits per heavy atom. The van der Waals surface area contributed by atoms with Crippen LogP contribution in [0.2, 0.25) is 0 Å². The quantitative estimate of drug-likeness (QED) is 0.817. The molecule has 2 aromatic rings. The van der Waals surface area contributed by atoms with Gasteiger partial charge in [0.2, 0.25) is 0 Å². The van der Waals surface area contributed by atoms with Gasteiger partial charge >= 0.3 is 0 Å². The minimum absolute atomic E-state index is 1.14. The molecule has 2 rings (SSSR count). The van der Waals surface area contributed by atoms with Crippen LogP contribution in [0.5, 0.6) is 0 Å². The van der Waals surface area contributed by atoms with E-state index in [2.05, 4.69) is 46.0 Å². The molecule has 0 aliphatic heterocycles. The van der Waals surface area contributed by atoms with Crippen molar-refractivity contribution >= 4 is 26.8 Å². The van der Waals surface area contributed by atoms with Crippen LogP contribution in [-0.4, -0.2) is 4.98 Å². The Morgan fingerprint density at radius 1 is 1.38 bits per heavy atom. The van der Waals surface area contributed by atoms with Gasteiger partial charge in [0.25, 0.3) is 0 Å². The summed E-state index contributed by atoms with van der Waals surface area (Å²) in [6.45, 7) is 2.20. The van der Waals surface area contributed by atoms with Gasteiger partial charge in [-0.2, -0.15) is 0 Å². The fourth-order valence-electron chi connectivity index (χ4n) is 1.58. The van der Waals surface area contributed by atoms with Crippen LogP contribution in [-0.2, 0) is 6.42 Å². The zero-order chi connectivity index (χ0) is 9.26. The number of H-pyrrole nitrogens is 1. The van der Waals surface area contributed by atoms with Crippen LogP contribution in [0.1, 0.15) is 18.9 Å². The molecule has 0 fully saturated rings. The highest BCUT2D eigenvalue weighted by Crippen LogP contribution is 2.24. The molecule has 1 N–H and O–H groups in total. The van der Waals surface area contributed by atoms with Crippen molar-refractivity contribution in [3.8, 4) is 0 Å². The smallest absolute Gasteiger partial charge is 0.0468 e. The van der Waals surface area contributed by atoms with Crippen LogP contribution in [0.25, 0.3) is 10.9 Å². The molecule has 1 aromatic heterocycles. The van der Waals surface area contributed by atoms with Crippen molar-refractivity contribution in [2.45, 2.75) is 19.8 Å². The van der Waals surface area contributed by atoms with Crippen molar-refractivity contribution in [1.82, 2.24) is 4.98 Å². The number of fused-ring (bicyclic) bond motifs is 1. The summed E-state index contributed by atoms with van der Waals surface area (Å²) < 4.78 is 1.14.